The number of aromatic nitrogens is 1. The highest BCUT2D eigenvalue weighted by molar-refractivity contribution is 7.07. The van der Waals surface area contributed by atoms with Gasteiger partial charge in [-0.25, -0.2) is 0 Å². The summed E-state index contributed by atoms with van der Waals surface area (Å²) in [5.74, 6) is 0.762. The first-order valence-electron chi connectivity index (χ1n) is 4.88. The van der Waals surface area contributed by atoms with Crippen molar-refractivity contribution in [3.05, 3.63) is 45.5 Å². The average molecular weight is 236 g/mol. The highest BCUT2D eigenvalue weighted by atomic mass is 32.1. The molecule has 1 aromatic carbocycles. The van der Waals surface area contributed by atoms with Crippen LogP contribution in [-0.2, 0) is 6.54 Å². The van der Waals surface area contributed by atoms with Gasteiger partial charge in [-0.2, -0.15) is 0 Å². The molecule has 0 aliphatic heterocycles. The molecular formula is C11H12N2O2S. The smallest absolute Gasteiger partial charge is 0.307 e. The van der Waals surface area contributed by atoms with Gasteiger partial charge in [0.2, 0.25) is 0 Å². The van der Waals surface area contributed by atoms with Crippen LogP contribution in [0.1, 0.15) is 0 Å². The Kier molecular flexibility index (Phi) is 3.26. The van der Waals surface area contributed by atoms with Crippen molar-refractivity contribution in [1.29, 1.82) is 0 Å². The number of nitrogen functional groups attached to an aromatic ring is 1. The van der Waals surface area contributed by atoms with Crippen molar-refractivity contribution in [2.45, 2.75) is 6.54 Å². The Hall–Kier alpha value is -1.75. The zero-order valence-corrected chi connectivity index (χ0v) is 9.44. The molecule has 1 heterocycles. The van der Waals surface area contributed by atoms with Gasteiger partial charge >= 0.3 is 4.87 Å². The van der Waals surface area contributed by atoms with Crippen LogP contribution in [-0.4, -0.2) is 11.2 Å². The molecule has 5 heteroatoms. The minimum Gasteiger partial charge on any atom is -0.492 e. The summed E-state index contributed by atoms with van der Waals surface area (Å²) in [4.78, 5) is 11.3. The fourth-order valence-corrected chi connectivity index (χ4v) is 1.89. The van der Waals surface area contributed by atoms with Crippen molar-refractivity contribution in [3.8, 4) is 5.75 Å². The third kappa shape index (κ3) is 2.64. The van der Waals surface area contributed by atoms with Gasteiger partial charge in [0.25, 0.3) is 0 Å². The molecule has 0 fully saturated rings. The maximum atomic E-state index is 11.2. The van der Waals surface area contributed by atoms with Crippen molar-refractivity contribution in [3.63, 3.8) is 0 Å². The van der Waals surface area contributed by atoms with Gasteiger partial charge in [0.1, 0.15) is 12.4 Å². The second-order valence-electron chi connectivity index (χ2n) is 3.28. The molecule has 0 saturated heterocycles. The fourth-order valence-electron chi connectivity index (χ4n) is 1.28. The van der Waals surface area contributed by atoms with E-state index >= 15 is 0 Å². The van der Waals surface area contributed by atoms with Crippen molar-refractivity contribution in [2.24, 2.45) is 0 Å². The highest BCUT2D eigenvalue weighted by Crippen LogP contribution is 2.12. The lowest BCUT2D eigenvalue weighted by Gasteiger charge is -2.06. The molecule has 0 radical (unpaired) electrons. The molecule has 2 N–H and O–H groups in total. The van der Waals surface area contributed by atoms with E-state index in [0.29, 0.717) is 18.8 Å². The Morgan fingerprint density at radius 2 is 2.06 bits per heavy atom. The summed E-state index contributed by atoms with van der Waals surface area (Å²) >= 11 is 1.19. The Bertz CT molecular complexity index is 501. The molecule has 2 rings (SSSR count). The number of rotatable bonds is 4. The second-order valence-corrected chi connectivity index (χ2v) is 4.14. The minimum atomic E-state index is 0.0425. The molecule has 0 aliphatic carbocycles. The van der Waals surface area contributed by atoms with E-state index in [0.717, 1.165) is 5.75 Å². The van der Waals surface area contributed by atoms with Crippen LogP contribution < -0.4 is 15.3 Å². The summed E-state index contributed by atoms with van der Waals surface area (Å²) in [5.41, 5.74) is 6.26. The Balaban J connectivity index is 1.87. The fraction of sp³-hybridized carbons (Fsp3) is 0.182. The van der Waals surface area contributed by atoms with Gasteiger partial charge in [-0.3, -0.25) is 4.79 Å². The average Bonchev–Trinajstić information content (AvgIpc) is 2.68. The number of thiazole rings is 1. The van der Waals surface area contributed by atoms with Crippen molar-refractivity contribution >= 4 is 17.0 Å². The number of benzene rings is 1. The predicted molar refractivity (Wildman–Crippen MR) is 64.9 cm³/mol. The Morgan fingerprint density at radius 1 is 1.31 bits per heavy atom. The van der Waals surface area contributed by atoms with Crippen LogP contribution in [0.2, 0.25) is 0 Å². The maximum absolute atomic E-state index is 11.2. The van der Waals surface area contributed by atoms with Crippen molar-refractivity contribution in [1.82, 2.24) is 4.57 Å². The molecular weight excluding hydrogens is 224 g/mol. The van der Waals surface area contributed by atoms with Crippen LogP contribution >= 0.6 is 11.3 Å². The third-order valence-electron chi connectivity index (χ3n) is 2.13. The molecule has 0 atom stereocenters. The van der Waals surface area contributed by atoms with Gasteiger partial charge in [0.05, 0.1) is 6.54 Å². The minimum absolute atomic E-state index is 0.0425. The number of ether oxygens (including phenoxy) is 1. The summed E-state index contributed by atoms with van der Waals surface area (Å²) in [6.45, 7) is 1.03. The largest absolute Gasteiger partial charge is 0.492 e. The molecule has 0 unspecified atom stereocenters. The van der Waals surface area contributed by atoms with Gasteiger partial charge in [-0.1, -0.05) is 11.3 Å². The summed E-state index contributed by atoms with van der Waals surface area (Å²) in [7, 11) is 0. The number of hydrogen-bond acceptors (Lipinski definition) is 4. The van der Waals surface area contributed by atoms with E-state index in [4.69, 9.17) is 10.5 Å². The van der Waals surface area contributed by atoms with Crippen LogP contribution in [0, 0.1) is 0 Å². The molecule has 0 aliphatic rings. The van der Waals surface area contributed by atoms with Crippen molar-refractivity contribution < 1.29 is 4.74 Å². The van der Waals surface area contributed by atoms with E-state index in [1.165, 1.54) is 11.3 Å². The van der Waals surface area contributed by atoms with Crippen LogP contribution in [0.4, 0.5) is 5.69 Å². The van der Waals surface area contributed by atoms with Gasteiger partial charge in [-0.15, -0.1) is 0 Å². The van der Waals surface area contributed by atoms with E-state index in [2.05, 4.69) is 0 Å². The van der Waals surface area contributed by atoms with Crippen LogP contribution in [0.5, 0.6) is 5.75 Å². The summed E-state index contributed by atoms with van der Waals surface area (Å²) in [6.07, 6.45) is 1.76. The molecule has 0 amide bonds. The molecule has 84 valence electrons. The summed E-state index contributed by atoms with van der Waals surface area (Å²) in [5, 5.41) is 1.77. The van der Waals surface area contributed by atoms with E-state index in [1.807, 2.05) is 12.1 Å². The molecule has 0 bridgehead atoms. The lowest BCUT2D eigenvalue weighted by molar-refractivity contribution is 0.297. The molecule has 4 nitrogen and oxygen atoms in total. The normalized spacial score (nSPS) is 10.2. The van der Waals surface area contributed by atoms with Gasteiger partial charge < -0.3 is 15.0 Å². The third-order valence-corrected chi connectivity index (χ3v) is 2.82. The monoisotopic (exact) mass is 236 g/mol. The number of anilines is 1. The SMILES string of the molecule is Nc1ccc(OCCn2ccsc2=O)cc1. The molecule has 1 aromatic heterocycles. The van der Waals surface area contributed by atoms with Crippen molar-refractivity contribution in [2.75, 3.05) is 12.3 Å². The highest BCUT2D eigenvalue weighted by Gasteiger charge is 1.97. The number of nitrogens with two attached hydrogens (primary N) is 1. The molecule has 2 aromatic rings. The molecule has 0 spiro atoms. The lowest BCUT2D eigenvalue weighted by Crippen LogP contribution is -2.16. The topological polar surface area (TPSA) is 57.2 Å². The van der Waals surface area contributed by atoms with Crippen LogP contribution in [0.15, 0.2) is 40.6 Å². The molecule has 0 saturated carbocycles. The number of nitrogens with zero attached hydrogens (tertiary/aromatic N) is 1. The van der Waals surface area contributed by atoms with Crippen LogP contribution in [0.3, 0.4) is 0 Å². The van der Waals surface area contributed by atoms with Gasteiger partial charge in [-0.05, 0) is 24.3 Å². The zero-order chi connectivity index (χ0) is 11.4. The summed E-state index contributed by atoms with van der Waals surface area (Å²) < 4.78 is 7.11. The van der Waals surface area contributed by atoms with E-state index in [1.54, 1.807) is 28.3 Å². The van der Waals surface area contributed by atoms with E-state index in [9.17, 15) is 4.79 Å². The second kappa shape index (κ2) is 4.85. The number of hydrogen-bond donors (Lipinski definition) is 1. The Labute approximate surface area is 96.9 Å². The lowest BCUT2D eigenvalue weighted by atomic mass is 10.3. The molecule has 16 heavy (non-hydrogen) atoms. The quantitative estimate of drug-likeness (QED) is 0.820. The first-order valence-corrected chi connectivity index (χ1v) is 5.76. The Morgan fingerprint density at radius 3 is 2.69 bits per heavy atom. The standard InChI is InChI=1S/C11H12N2O2S/c12-9-1-3-10(4-2-9)15-7-5-13-6-8-16-11(13)14/h1-4,6,8H,5,7,12H2. The van der Waals surface area contributed by atoms with Gasteiger partial charge in [0.15, 0.2) is 0 Å². The zero-order valence-electron chi connectivity index (χ0n) is 8.63. The predicted octanol–water partition coefficient (Wildman–Crippen LogP) is 1.57. The summed E-state index contributed by atoms with van der Waals surface area (Å²) in [6, 6.07) is 7.19. The first-order chi connectivity index (χ1) is 7.75. The van der Waals surface area contributed by atoms with E-state index in [-0.39, 0.29) is 4.87 Å². The maximum Gasteiger partial charge on any atom is 0.307 e. The van der Waals surface area contributed by atoms with Crippen LogP contribution in [0.25, 0.3) is 0 Å². The first kappa shape index (κ1) is 10.8. The van der Waals surface area contributed by atoms with Gasteiger partial charge in [0, 0.05) is 17.3 Å². The van der Waals surface area contributed by atoms with E-state index < -0.39 is 0 Å².